The number of nitrogens with zero attached hydrogens (tertiary/aromatic N) is 2. The molecule has 84 valence electrons. The van der Waals surface area contributed by atoms with Crippen molar-refractivity contribution < 1.29 is 4.79 Å². The van der Waals surface area contributed by atoms with Gasteiger partial charge < -0.3 is 4.57 Å². The minimum atomic E-state index is 0.259. The van der Waals surface area contributed by atoms with Crippen molar-refractivity contribution >= 4 is 17.5 Å². The summed E-state index contributed by atoms with van der Waals surface area (Å²) in [6.45, 7) is 7.13. The summed E-state index contributed by atoms with van der Waals surface area (Å²) in [6, 6.07) is 0. The maximum absolute atomic E-state index is 11.6. The van der Waals surface area contributed by atoms with E-state index in [0.717, 1.165) is 12.4 Å². The normalized spacial score (nSPS) is 10.9. The molecule has 0 aromatic carbocycles. The molecule has 0 radical (unpaired) electrons. The van der Waals surface area contributed by atoms with Crippen molar-refractivity contribution in [1.29, 1.82) is 0 Å². The highest BCUT2D eigenvalue weighted by Gasteiger charge is 2.09. The van der Waals surface area contributed by atoms with E-state index in [1.807, 2.05) is 10.8 Å². The molecule has 1 aromatic heterocycles. The van der Waals surface area contributed by atoms with E-state index in [1.54, 1.807) is 18.0 Å². The van der Waals surface area contributed by atoms with E-state index in [9.17, 15) is 4.79 Å². The molecule has 0 spiro atoms. The standard InChI is InChI=1S/C11H18N2OS/c1-4-13-6-5-12-11(13)7-10(14)8-15-9(2)3/h5-6,9H,4,7-8H2,1-3H3. The van der Waals surface area contributed by atoms with Crippen LogP contribution in [0.25, 0.3) is 0 Å². The van der Waals surface area contributed by atoms with Crippen LogP contribution in [0.15, 0.2) is 12.4 Å². The number of aromatic nitrogens is 2. The van der Waals surface area contributed by atoms with Gasteiger partial charge in [0.15, 0.2) is 0 Å². The zero-order valence-electron chi connectivity index (χ0n) is 9.56. The number of hydrogen-bond acceptors (Lipinski definition) is 3. The van der Waals surface area contributed by atoms with Gasteiger partial charge in [-0.1, -0.05) is 13.8 Å². The fourth-order valence-corrected chi connectivity index (χ4v) is 1.90. The van der Waals surface area contributed by atoms with Crippen molar-refractivity contribution in [3.05, 3.63) is 18.2 Å². The van der Waals surface area contributed by atoms with Gasteiger partial charge in [0.1, 0.15) is 11.6 Å². The van der Waals surface area contributed by atoms with Crippen LogP contribution in [-0.2, 0) is 17.8 Å². The zero-order valence-corrected chi connectivity index (χ0v) is 10.4. The van der Waals surface area contributed by atoms with Crippen LogP contribution >= 0.6 is 11.8 Å². The van der Waals surface area contributed by atoms with E-state index in [4.69, 9.17) is 0 Å². The lowest BCUT2D eigenvalue weighted by Gasteiger charge is -2.05. The lowest BCUT2D eigenvalue weighted by atomic mass is 10.3. The Kier molecular flexibility index (Phi) is 4.88. The van der Waals surface area contributed by atoms with Crippen molar-refractivity contribution in [2.24, 2.45) is 0 Å². The highest BCUT2D eigenvalue weighted by molar-refractivity contribution is 8.00. The predicted octanol–water partition coefficient (Wildman–Crippen LogP) is 2.16. The van der Waals surface area contributed by atoms with E-state index in [1.165, 1.54) is 0 Å². The number of rotatable bonds is 6. The quantitative estimate of drug-likeness (QED) is 0.745. The number of carbonyl (C=O) groups is 1. The van der Waals surface area contributed by atoms with Gasteiger partial charge in [-0.2, -0.15) is 11.8 Å². The van der Waals surface area contributed by atoms with Crippen LogP contribution in [0.3, 0.4) is 0 Å². The van der Waals surface area contributed by atoms with E-state index < -0.39 is 0 Å². The molecule has 0 aliphatic carbocycles. The summed E-state index contributed by atoms with van der Waals surface area (Å²) in [6.07, 6.45) is 4.13. The molecule has 0 N–H and O–H groups in total. The van der Waals surface area contributed by atoms with Crippen LogP contribution in [0.2, 0.25) is 0 Å². The maximum Gasteiger partial charge on any atom is 0.150 e. The van der Waals surface area contributed by atoms with Gasteiger partial charge in [-0.25, -0.2) is 4.98 Å². The molecule has 0 unspecified atom stereocenters. The summed E-state index contributed by atoms with van der Waals surface area (Å²) in [5.74, 6) is 1.73. The highest BCUT2D eigenvalue weighted by Crippen LogP contribution is 2.10. The third-order valence-electron chi connectivity index (χ3n) is 2.08. The van der Waals surface area contributed by atoms with Gasteiger partial charge in [0.05, 0.1) is 12.2 Å². The number of thioether (sulfide) groups is 1. The van der Waals surface area contributed by atoms with Crippen LogP contribution in [0.1, 0.15) is 26.6 Å². The Morgan fingerprint density at radius 2 is 2.33 bits per heavy atom. The van der Waals surface area contributed by atoms with Crippen molar-refractivity contribution in [3.63, 3.8) is 0 Å². The fourth-order valence-electron chi connectivity index (χ4n) is 1.28. The minimum Gasteiger partial charge on any atom is -0.335 e. The van der Waals surface area contributed by atoms with E-state index >= 15 is 0 Å². The average molecular weight is 226 g/mol. The SMILES string of the molecule is CCn1ccnc1CC(=O)CSC(C)C. The van der Waals surface area contributed by atoms with Gasteiger partial charge in [-0.3, -0.25) is 4.79 Å². The third kappa shape index (κ3) is 4.08. The Labute approximate surface area is 95.3 Å². The molecule has 1 rings (SSSR count). The van der Waals surface area contributed by atoms with Gasteiger partial charge >= 0.3 is 0 Å². The second kappa shape index (κ2) is 5.95. The number of Topliss-reactive ketones (excluding diaryl/α,β-unsaturated/α-hetero) is 1. The first kappa shape index (κ1) is 12.3. The summed E-state index contributed by atoms with van der Waals surface area (Å²) in [7, 11) is 0. The largest absolute Gasteiger partial charge is 0.335 e. The molecule has 0 aliphatic heterocycles. The first-order valence-electron chi connectivity index (χ1n) is 5.26. The van der Waals surface area contributed by atoms with Crippen molar-refractivity contribution in [1.82, 2.24) is 9.55 Å². The van der Waals surface area contributed by atoms with Crippen LogP contribution < -0.4 is 0 Å². The molecule has 15 heavy (non-hydrogen) atoms. The topological polar surface area (TPSA) is 34.9 Å². The van der Waals surface area contributed by atoms with Crippen molar-refractivity contribution in [2.75, 3.05) is 5.75 Å². The number of ketones is 1. The molecule has 0 amide bonds. The molecule has 1 aromatic rings. The molecule has 0 saturated heterocycles. The summed E-state index contributed by atoms with van der Waals surface area (Å²) >= 11 is 1.69. The molecule has 0 atom stereocenters. The number of carbonyl (C=O) groups excluding carboxylic acids is 1. The second-order valence-corrected chi connectivity index (χ2v) is 5.27. The predicted molar refractivity (Wildman–Crippen MR) is 64.2 cm³/mol. The molecule has 4 heteroatoms. The first-order valence-corrected chi connectivity index (χ1v) is 6.31. The molecule has 0 bridgehead atoms. The van der Waals surface area contributed by atoms with Gasteiger partial charge in [-0.05, 0) is 12.2 Å². The Hall–Kier alpha value is -0.770. The molecule has 0 saturated carbocycles. The van der Waals surface area contributed by atoms with E-state index in [-0.39, 0.29) is 5.78 Å². The third-order valence-corrected chi connectivity index (χ3v) is 3.23. The van der Waals surface area contributed by atoms with Gasteiger partial charge in [0.2, 0.25) is 0 Å². The molecule has 0 aliphatic rings. The fraction of sp³-hybridized carbons (Fsp3) is 0.636. The molecule has 1 heterocycles. The lowest BCUT2D eigenvalue weighted by molar-refractivity contribution is -0.116. The molecule has 3 nitrogen and oxygen atoms in total. The van der Waals surface area contributed by atoms with E-state index in [0.29, 0.717) is 17.4 Å². The van der Waals surface area contributed by atoms with Crippen LogP contribution in [0, 0.1) is 0 Å². The monoisotopic (exact) mass is 226 g/mol. The Morgan fingerprint density at radius 3 is 2.93 bits per heavy atom. The van der Waals surface area contributed by atoms with Crippen LogP contribution in [-0.4, -0.2) is 26.3 Å². The minimum absolute atomic E-state index is 0.259. The smallest absolute Gasteiger partial charge is 0.150 e. The van der Waals surface area contributed by atoms with Gasteiger partial charge in [0.25, 0.3) is 0 Å². The average Bonchev–Trinajstić information content (AvgIpc) is 2.62. The van der Waals surface area contributed by atoms with E-state index in [2.05, 4.69) is 25.8 Å². The summed E-state index contributed by atoms with van der Waals surface area (Å²) in [4.78, 5) is 15.8. The molecular weight excluding hydrogens is 208 g/mol. The summed E-state index contributed by atoms with van der Waals surface area (Å²) in [5.41, 5.74) is 0. The Morgan fingerprint density at radius 1 is 1.60 bits per heavy atom. The van der Waals surface area contributed by atoms with Crippen LogP contribution in [0.5, 0.6) is 0 Å². The maximum atomic E-state index is 11.6. The second-order valence-electron chi connectivity index (χ2n) is 3.70. The number of hydrogen-bond donors (Lipinski definition) is 0. The summed E-state index contributed by atoms with van der Waals surface area (Å²) in [5, 5.41) is 0.514. The van der Waals surface area contributed by atoms with Crippen molar-refractivity contribution in [3.8, 4) is 0 Å². The van der Waals surface area contributed by atoms with Gasteiger partial charge in [0, 0.05) is 18.9 Å². The molecular formula is C11H18N2OS. The number of imidazole rings is 1. The van der Waals surface area contributed by atoms with Crippen molar-refractivity contribution in [2.45, 2.75) is 39.0 Å². The first-order chi connectivity index (χ1) is 7.13. The molecule has 0 fully saturated rings. The summed E-state index contributed by atoms with van der Waals surface area (Å²) < 4.78 is 2.01. The highest BCUT2D eigenvalue weighted by atomic mass is 32.2. The van der Waals surface area contributed by atoms with Crippen LogP contribution in [0.4, 0.5) is 0 Å². The Balaban J connectivity index is 2.44. The zero-order chi connectivity index (χ0) is 11.3. The Bertz CT molecular complexity index is 320. The van der Waals surface area contributed by atoms with Gasteiger partial charge in [-0.15, -0.1) is 0 Å². The number of aryl methyl sites for hydroxylation is 1. The lowest BCUT2D eigenvalue weighted by Crippen LogP contribution is -2.12.